The maximum atomic E-state index is 13.4. The molecule has 0 unspecified atom stereocenters. The summed E-state index contributed by atoms with van der Waals surface area (Å²) in [5.41, 5.74) is -0.177. The highest BCUT2D eigenvalue weighted by Crippen LogP contribution is 2.55. The summed E-state index contributed by atoms with van der Waals surface area (Å²) >= 11 is 1.34. The molecule has 1 aliphatic heterocycles. The second kappa shape index (κ2) is 16.9. The molecule has 12 nitrogen and oxygen atoms in total. The molecule has 3 heterocycles. The quantitative estimate of drug-likeness (QED) is 0.0898. The monoisotopic (exact) mass is 742 g/mol. The van der Waals surface area contributed by atoms with Gasteiger partial charge in [-0.1, -0.05) is 6.07 Å². The van der Waals surface area contributed by atoms with E-state index < -0.39 is 24.8 Å². The standard InChI is InChI=1S/C36H48FN6O6PS/c1-35(2,3)48-50(45,49-36(4,5)6)47-23-25-13-16-43(17-14-25)15-8-18-46-28-11-12-30-31(20-28)39-24-40-33(30)42-34-38-22-29(51-34)21-32(44)41-27-10-7-9-26(37)19-27/h7,9-12,19-20,22,24-25H,8,13-18,21,23H2,1-6H3,(H,41,44)(H,38,39,40,42). The number of hydrogen-bond donors (Lipinski definition) is 2. The van der Waals surface area contributed by atoms with E-state index in [0.29, 0.717) is 29.9 Å². The number of hydrogen-bond acceptors (Lipinski definition) is 12. The molecular weight excluding hydrogens is 694 g/mol. The van der Waals surface area contributed by atoms with Gasteiger partial charge in [0.2, 0.25) is 5.91 Å². The molecule has 51 heavy (non-hydrogen) atoms. The van der Waals surface area contributed by atoms with Gasteiger partial charge < -0.3 is 20.3 Å². The molecule has 0 aliphatic carbocycles. The van der Waals surface area contributed by atoms with Gasteiger partial charge in [-0.3, -0.25) is 18.4 Å². The van der Waals surface area contributed by atoms with E-state index in [4.69, 9.17) is 18.3 Å². The normalized spacial score (nSPS) is 14.9. The van der Waals surface area contributed by atoms with E-state index >= 15 is 0 Å². The predicted octanol–water partition coefficient (Wildman–Crippen LogP) is 8.39. The van der Waals surface area contributed by atoms with Crippen LogP contribution in [-0.4, -0.2) is 69.8 Å². The van der Waals surface area contributed by atoms with Crippen LogP contribution in [0.4, 0.5) is 21.0 Å². The summed E-state index contributed by atoms with van der Waals surface area (Å²) in [5.74, 6) is 0.934. The van der Waals surface area contributed by atoms with Crippen LogP contribution in [0, 0.1) is 11.7 Å². The van der Waals surface area contributed by atoms with Crippen molar-refractivity contribution < 1.29 is 32.1 Å². The van der Waals surface area contributed by atoms with Crippen LogP contribution in [0.25, 0.3) is 10.9 Å². The van der Waals surface area contributed by atoms with Crippen LogP contribution >= 0.6 is 19.2 Å². The number of rotatable bonds is 15. The second-order valence-electron chi connectivity index (χ2n) is 14.5. The molecule has 5 rings (SSSR count). The van der Waals surface area contributed by atoms with Gasteiger partial charge in [0.1, 0.15) is 23.7 Å². The number of carbonyl (C=O) groups is 1. The molecule has 1 aliphatic rings. The SMILES string of the molecule is CC(C)(C)OP(=O)(OCC1CCN(CCCOc2ccc3c(Nc4ncc(CC(=O)Nc5cccc(F)c5)s4)ncnc3c2)CC1)OC(C)(C)C. The molecular formula is C36H48FN6O6PS. The zero-order valence-corrected chi connectivity index (χ0v) is 31.8. The van der Waals surface area contributed by atoms with Gasteiger partial charge >= 0.3 is 7.82 Å². The van der Waals surface area contributed by atoms with Crippen molar-refractivity contribution in [3.63, 3.8) is 0 Å². The summed E-state index contributed by atoms with van der Waals surface area (Å²) in [5, 5.41) is 7.33. The minimum Gasteiger partial charge on any atom is -0.493 e. The summed E-state index contributed by atoms with van der Waals surface area (Å²) < 4.78 is 50.2. The Morgan fingerprint density at radius 2 is 1.76 bits per heavy atom. The third kappa shape index (κ3) is 12.6. The van der Waals surface area contributed by atoms with Gasteiger partial charge in [0.05, 0.1) is 36.4 Å². The maximum Gasteiger partial charge on any atom is 0.475 e. The molecule has 2 N–H and O–H groups in total. The molecule has 0 atom stereocenters. The smallest absolute Gasteiger partial charge is 0.475 e. The summed E-state index contributed by atoms with van der Waals surface area (Å²) in [6.45, 7) is 14.7. The molecule has 1 fully saturated rings. The van der Waals surface area contributed by atoms with E-state index in [1.54, 1.807) is 18.3 Å². The zero-order chi connectivity index (χ0) is 36.6. The minimum atomic E-state index is -3.71. The largest absolute Gasteiger partial charge is 0.493 e. The number of fused-ring (bicyclic) bond motifs is 1. The number of aromatic nitrogens is 3. The molecule has 4 aromatic rings. The fourth-order valence-electron chi connectivity index (χ4n) is 5.50. The lowest BCUT2D eigenvalue weighted by Crippen LogP contribution is -2.36. The molecule has 276 valence electrons. The number of amides is 1. The van der Waals surface area contributed by atoms with Crippen LogP contribution in [0.15, 0.2) is 55.0 Å². The van der Waals surface area contributed by atoms with Crippen LogP contribution in [0.3, 0.4) is 0 Å². The van der Waals surface area contributed by atoms with Crippen LogP contribution in [0.2, 0.25) is 0 Å². The number of ether oxygens (including phenoxy) is 1. The number of benzene rings is 2. The van der Waals surface area contributed by atoms with Crippen LogP contribution in [0.5, 0.6) is 5.75 Å². The Labute approximate surface area is 303 Å². The first-order valence-corrected chi connectivity index (χ1v) is 19.4. The topological polar surface area (TPSA) is 137 Å². The summed E-state index contributed by atoms with van der Waals surface area (Å²) in [7, 11) is -3.71. The van der Waals surface area contributed by atoms with Crippen LogP contribution < -0.4 is 15.4 Å². The Morgan fingerprint density at radius 3 is 2.47 bits per heavy atom. The third-order valence-corrected chi connectivity index (χ3v) is 10.6. The molecule has 2 aromatic carbocycles. The van der Waals surface area contributed by atoms with E-state index in [9.17, 15) is 13.8 Å². The van der Waals surface area contributed by atoms with Crippen molar-refractivity contribution in [2.75, 3.05) is 43.5 Å². The summed E-state index contributed by atoms with van der Waals surface area (Å²) in [6, 6.07) is 11.5. The number of halogens is 1. The average molecular weight is 743 g/mol. The number of likely N-dealkylation sites (tertiary alicyclic amines) is 1. The lowest BCUT2D eigenvalue weighted by molar-refractivity contribution is -0.115. The Balaban J connectivity index is 1.04. The van der Waals surface area contributed by atoms with E-state index in [-0.39, 0.29) is 18.2 Å². The Bertz CT molecular complexity index is 1800. The predicted molar refractivity (Wildman–Crippen MR) is 198 cm³/mol. The summed E-state index contributed by atoms with van der Waals surface area (Å²) in [4.78, 5) is 28.8. The summed E-state index contributed by atoms with van der Waals surface area (Å²) in [6.07, 6.45) is 5.99. The Kier molecular flexibility index (Phi) is 12.8. The number of piperidine rings is 1. The third-order valence-electron chi connectivity index (χ3n) is 7.66. The number of thiazole rings is 1. The van der Waals surface area contributed by atoms with Crippen molar-refractivity contribution in [2.24, 2.45) is 5.92 Å². The van der Waals surface area contributed by atoms with Gasteiger partial charge in [-0.2, -0.15) is 0 Å². The number of phosphoric ester groups is 1. The Hall–Kier alpha value is -3.52. The van der Waals surface area contributed by atoms with E-state index in [1.807, 2.05) is 59.7 Å². The Morgan fingerprint density at radius 1 is 1.02 bits per heavy atom. The molecule has 2 aromatic heterocycles. The fraction of sp³-hybridized carbons (Fsp3) is 0.500. The lowest BCUT2D eigenvalue weighted by atomic mass is 9.98. The number of anilines is 3. The van der Waals surface area contributed by atoms with Gasteiger partial charge in [-0.25, -0.2) is 23.9 Å². The second-order valence-corrected chi connectivity index (χ2v) is 17.2. The van der Waals surface area contributed by atoms with Gasteiger partial charge in [0.25, 0.3) is 0 Å². The van der Waals surface area contributed by atoms with Crippen molar-refractivity contribution in [3.8, 4) is 5.75 Å². The highest BCUT2D eigenvalue weighted by Gasteiger charge is 2.38. The molecule has 0 saturated carbocycles. The van der Waals surface area contributed by atoms with Gasteiger partial charge in [-0.15, -0.1) is 11.3 Å². The molecule has 1 saturated heterocycles. The van der Waals surface area contributed by atoms with Gasteiger partial charge in [0.15, 0.2) is 5.13 Å². The molecule has 1 amide bonds. The number of nitrogens with zero attached hydrogens (tertiary/aromatic N) is 4. The molecule has 0 spiro atoms. The van der Waals surface area contributed by atoms with E-state index in [2.05, 4.69) is 30.5 Å². The zero-order valence-electron chi connectivity index (χ0n) is 30.1. The first-order chi connectivity index (χ1) is 24.1. The number of nitrogens with one attached hydrogen (secondary N) is 2. The van der Waals surface area contributed by atoms with Gasteiger partial charge in [-0.05, 0) is 110 Å². The van der Waals surface area contributed by atoms with Crippen molar-refractivity contribution in [1.82, 2.24) is 19.9 Å². The van der Waals surface area contributed by atoms with E-state index in [0.717, 1.165) is 60.4 Å². The number of phosphoric acid groups is 1. The van der Waals surface area contributed by atoms with Crippen molar-refractivity contribution in [2.45, 2.75) is 78.4 Å². The maximum absolute atomic E-state index is 13.4. The van der Waals surface area contributed by atoms with Crippen molar-refractivity contribution in [1.29, 1.82) is 0 Å². The lowest BCUT2D eigenvalue weighted by Gasteiger charge is -2.34. The first-order valence-electron chi connectivity index (χ1n) is 17.1. The van der Waals surface area contributed by atoms with Crippen LogP contribution in [0.1, 0.15) is 65.7 Å². The minimum absolute atomic E-state index is 0.111. The highest BCUT2D eigenvalue weighted by atomic mass is 32.1. The highest BCUT2D eigenvalue weighted by molar-refractivity contribution is 7.48. The molecule has 0 radical (unpaired) electrons. The number of carbonyl (C=O) groups excluding carboxylic acids is 1. The van der Waals surface area contributed by atoms with Crippen LogP contribution in [-0.2, 0) is 29.4 Å². The van der Waals surface area contributed by atoms with Crippen molar-refractivity contribution in [3.05, 3.63) is 65.7 Å². The first kappa shape index (κ1) is 38.7. The fourth-order valence-corrected chi connectivity index (χ4v) is 8.19. The molecule has 0 bridgehead atoms. The average Bonchev–Trinajstić information content (AvgIpc) is 3.47. The molecule has 15 heteroatoms. The van der Waals surface area contributed by atoms with E-state index in [1.165, 1.54) is 29.8 Å². The van der Waals surface area contributed by atoms with Gasteiger partial charge in [0, 0.05) is 34.8 Å². The van der Waals surface area contributed by atoms with Crippen molar-refractivity contribution >= 4 is 52.6 Å².